The molecule has 1 N–H and O–H groups in total. The van der Waals surface area contributed by atoms with Crippen molar-refractivity contribution in [2.45, 2.75) is 6.61 Å². The van der Waals surface area contributed by atoms with E-state index in [1.165, 1.54) is 18.2 Å². The summed E-state index contributed by atoms with van der Waals surface area (Å²) >= 11 is 5.75. The Hall–Kier alpha value is -2.60. The number of anilines is 1. The number of nitrogens with zero attached hydrogens (tertiary/aromatic N) is 1. The SMILES string of the molecule is O=C(Nc1cccc(Cl)c1[N+](=O)[O-])OCc1ccccc1. The second kappa shape index (κ2) is 6.71. The van der Waals surface area contributed by atoms with Gasteiger partial charge in [-0.2, -0.15) is 0 Å². The van der Waals surface area contributed by atoms with Crippen LogP contribution in [0, 0.1) is 10.1 Å². The molecule has 0 aliphatic heterocycles. The molecule has 7 heteroatoms. The number of nitrogens with one attached hydrogen (secondary N) is 1. The van der Waals surface area contributed by atoms with Crippen LogP contribution in [0.2, 0.25) is 5.02 Å². The third-order valence-corrected chi connectivity index (χ3v) is 2.92. The topological polar surface area (TPSA) is 81.5 Å². The molecule has 2 aromatic rings. The Kier molecular flexibility index (Phi) is 4.73. The summed E-state index contributed by atoms with van der Waals surface area (Å²) in [7, 11) is 0. The van der Waals surface area contributed by atoms with Gasteiger partial charge in [-0.1, -0.05) is 48.0 Å². The first-order valence-corrected chi connectivity index (χ1v) is 6.36. The van der Waals surface area contributed by atoms with Gasteiger partial charge < -0.3 is 4.74 Å². The smallest absolute Gasteiger partial charge is 0.412 e. The molecule has 0 fully saturated rings. The van der Waals surface area contributed by atoms with E-state index in [9.17, 15) is 14.9 Å². The maximum Gasteiger partial charge on any atom is 0.412 e. The van der Waals surface area contributed by atoms with Crippen molar-refractivity contribution in [2.75, 3.05) is 5.32 Å². The Morgan fingerprint density at radius 3 is 2.57 bits per heavy atom. The normalized spacial score (nSPS) is 9.95. The van der Waals surface area contributed by atoms with Crippen LogP contribution in [0.25, 0.3) is 0 Å². The Labute approximate surface area is 125 Å². The molecule has 2 aromatic carbocycles. The Bertz CT molecular complexity index is 661. The van der Waals surface area contributed by atoms with Crippen molar-refractivity contribution in [3.63, 3.8) is 0 Å². The lowest BCUT2D eigenvalue weighted by Gasteiger charge is -2.08. The van der Waals surface area contributed by atoms with Gasteiger partial charge in [-0.3, -0.25) is 15.4 Å². The molecule has 0 heterocycles. The molecule has 0 aliphatic carbocycles. The monoisotopic (exact) mass is 306 g/mol. The van der Waals surface area contributed by atoms with Crippen LogP contribution in [0.3, 0.4) is 0 Å². The number of halogens is 1. The van der Waals surface area contributed by atoms with Crippen molar-refractivity contribution in [1.82, 2.24) is 0 Å². The highest BCUT2D eigenvalue weighted by Crippen LogP contribution is 2.32. The molecule has 0 aromatic heterocycles. The largest absolute Gasteiger partial charge is 0.444 e. The van der Waals surface area contributed by atoms with Crippen LogP contribution in [0.4, 0.5) is 16.2 Å². The Morgan fingerprint density at radius 2 is 1.90 bits per heavy atom. The first-order valence-electron chi connectivity index (χ1n) is 5.98. The van der Waals surface area contributed by atoms with Crippen LogP contribution < -0.4 is 5.32 Å². The average Bonchev–Trinajstić information content (AvgIpc) is 2.46. The van der Waals surface area contributed by atoms with Gasteiger partial charge in [0.25, 0.3) is 0 Å². The first-order chi connectivity index (χ1) is 10.1. The summed E-state index contributed by atoms with van der Waals surface area (Å²) < 4.78 is 4.99. The van der Waals surface area contributed by atoms with E-state index in [4.69, 9.17) is 16.3 Å². The maximum atomic E-state index is 11.7. The highest BCUT2D eigenvalue weighted by molar-refractivity contribution is 6.33. The van der Waals surface area contributed by atoms with Gasteiger partial charge in [-0.25, -0.2) is 4.79 Å². The summed E-state index contributed by atoms with van der Waals surface area (Å²) in [5, 5.41) is 13.2. The molecule has 1 amide bonds. The second-order valence-corrected chi connectivity index (χ2v) is 4.49. The summed E-state index contributed by atoms with van der Waals surface area (Å²) in [5.41, 5.74) is 0.439. The van der Waals surface area contributed by atoms with E-state index < -0.39 is 11.0 Å². The molecule has 0 spiro atoms. The van der Waals surface area contributed by atoms with Gasteiger partial charge in [0.05, 0.1) is 4.92 Å². The minimum absolute atomic E-state index is 0.00874. The Balaban J connectivity index is 2.03. The van der Waals surface area contributed by atoms with Crippen molar-refractivity contribution in [2.24, 2.45) is 0 Å². The van der Waals surface area contributed by atoms with Gasteiger partial charge in [0.2, 0.25) is 0 Å². The fraction of sp³-hybridized carbons (Fsp3) is 0.0714. The first kappa shape index (κ1) is 14.8. The molecule has 0 atom stereocenters. The lowest BCUT2D eigenvalue weighted by Crippen LogP contribution is -2.14. The van der Waals surface area contributed by atoms with Gasteiger partial charge in [0.15, 0.2) is 0 Å². The fourth-order valence-electron chi connectivity index (χ4n) is 1.67. The number of hydrogen-bond donors (Lipinski definition) is 1. The molecule has 2 rings (SSSR count). The average molecular weight is 307 g/mol. The van der Waals surface area contributed by atoms with Gasteiger partial charge in [-0.05, 0) is 17.7 Å². The summed E-state index contributed by atoms with van der Waals surface area (Å²) in [4.78, 5) is 21.9. The van der Waals surface area contributed by atoms with Crippen molar-refractivity contribution in [3.05, 3.63) is 69.2 Å². The van der Waals surface area contributed by atoms with Gasteiger partial charge in [-0.15, -0.1) is 0 Å². The number of hydrogen-bond acceptors (Lipinski definition) is 4. The highest BCUT2D eigenvalue weighted by atomic mass is 35.5. The minimum atomic E-state index is -0.788. The van der Waals surface area contributed by atoms with E-state index in [1.807, 2.05) is 18.2 Å². The number of amides is 1. The number of para-hydroxylation sites is 1. The number of carbonyl (C=O) groups is 1. The maximum absolute atomic E-state index is 11.7. The van der Waals surface area contributed by atoms with Crippen molar-refractivity contribution in [3.8, 4) is 0 Å². The molecule has 108 valence electrons. The van der Waals surface area contributed by atoms with Crippen LogP contribution in [-0.2, 0) is 11.3 Å². The quantitative estimate of drug-likeness (QED) is 0.684. The van der Waals surface area contributed by atoms with Gasteiger partial charge >= 0.3 is 11.8 Å². The lowest BCUT2D eigenvalue weighted by atomic mass is 10.2. The van der Waals surface area contributed by atoms with E-state index in [0.29, 0.717) is 0 Å². The standard InChI is InChI=1S/C14H11ClN2O4/c15-11-7-4-8-12(13(11)17(19)20)16-14(18)21-9-10-5-2-1-3-6-10/h1-8H,9H2,(H,16,18). The summed E-state index contributed by atoms with van der Waals surface area (Å²) in [6.07, 6.45) is -0.788. The summed E-state index contributed by atoms with van der Waals surface area (Å²) in [6.45, 7) is 0.0705. The minimum Gasteiger partial charge on any atom is -0.444 e. The third-order valence-electron chi connectivity index (χ3n) is 2.62. The van der Waals surface area contributed by atoms with Crippen LogP contribution in [0.15, 0.2) is 48.5 Å². The number of rotatable bonds is 4. The van der Waals surface area contributed by atoms with Crippen LogP contribution in [-0.4, -0.2) is 11.0 Å². The van der Waals surface area contributed by atoms with Crippen LogP contribution >= 0.6 is 11.6 Å². The third kappa shape index (κ3) is 3.93. The molecule has 0 aliphatic rings. The van der Waals surface area contributed by atoms with E-state index in [-0.39, 0.29) is 23.0 Å². The summed E-state index contributed by atoms with van der Waals surface area (Å²) in [6, 6.07) is 13.3. The fourth-order valence-corrected chi connectivity index (χ4v) is 1.91. The molecular formula is C14H11ClN2O4. The number of nitro groups is 1. The molecule has 21 heavy (non-hydrogen) atoms. The second-order valence-electron chi connectivity index (χ2n) is 4.08. The van der Waals surface area contributed by atoms with E-state index >= 15 is 0 Å². The van der Waals surface area contributed by atoms with Crippen molar-refractivity contribution >= 4 is 29.1 Å². The highest BCUT2D eigenvalue weighted by Gasteiger charge is 2.20. The lowest BCUT2D eigenvalue weighted by molar-refractivity contribution is -0.383. The Morgan fingerprint density at radius 1 is 1.19 bits per heavy atom. The van der Waals surface area contributed by atoms with E-state index in [1.54, 1.807) is 12.1 Å². The van der Waals surface area contributed by atoms with E-state index in [0.717, 1.165) is 5.56 Å². The van der Waals surface area contributed by atoms with Crippen molar-refractivity contribution in [1.29, 1.82) is 0 Å². The zero-order valence-corrected chi connectivity index (χ0v) is 11.5. The van der Waals surface area contributed by atoms with Crippen molar-refractivity contribution < 1.29 is 14.5 Å². The molecule has 0 saturated carbocycles. The zero-order chi connectivity index (χ0) is 15.2. The molecule has 0 bridgehead atoms. The molecule has 6 nitrogen and oxygen atoms in total. The number of nitro benzene ring substituents is 1. The summed E-state index contributed by atoms with van der Waals surface area (Å²) in [5.74, 6) is 0. The zero-order valence-electron chi connectivity index (χ0n) is 10.8. The molecule has 0 unspecified atom stereocenters. The predicted octanol–water partition coefficient (Wildman–Crippen LogP) is 4.00. The number of ether oxygens (including phenoxy) is 1. The van der Waals surface area contributed by atoms with Crippen LogP contribution in [0.5, 0.6) is 0 Å². The number of carbonyl (C=O) groups excluding carboxylic acids is 1. The predicted molar refractivity (Wildman–Crippen MR) is 78.4 cm³/mol. The van der Waals surface area contributed by atoms with E-state index in [2.05, 4.69) is 5.32 Å². The number of benzene rings is 2. The van der Waals surface area contributed by atoms with Crippen LogP contribution in [0.1, 0.15) is 5.56 Å². The van der Waals surface area contributed by atoms with Gasteiger partial charge in [0.1, 0.15) is 17.3 Å². The van der Waals surface area contributed by atoms with Gasteiger partial charge in [0, 0.05) is 0 Å². The molecular weight excluding hydrogens is 296 g/mol. The molecule has 0 saturated heterocycles. The molecule has 0 radical (unpaired) electrons.